The molecule has 2 aromatic carbocycles. The largest absolute Gasteiger partial charge is 0.444 e. The van der Waals surface area contributed by atoms with E-state index in [0.717, 1.165) is 25.3 Å². The topological polar surface area (TPSA) is 60.0 Å². The molecule has 168 valence electrons. The molecule has 6 nitrogen and oxygen atoms in total. The number of ether oxygens (including phenoxy) is 3. The highest BCUT2D eigenvalue weighted by atomic mass is 16.6. The Labute approximate surface area is 185 Å². The Morgan fingerprint density at radius 2 is 1.52 bits per heavy atom. The molecule has 2 saturated heterocycles. The second-order valence-corrected chi connectivity index (χ2v) is 8.67. The first-order valence-electron chi connectivity index (χ1n) is 10.9. The lowest BCUT2D eigenvalue weighted by Crippen LogP contribution is -2.44. The van der Waals surface area contributed by atoms with Gasteiger partial charge >= 0.3 is 6.09 Å². The van der Waals surface area contributed by atoms with Crippen LogP contribution in [0.1, 0.15) is 44.1 Å². The van der Waals surface area contributed by atoms with Crippen LogP contribution < -0.4 is 5.32 Å². The highest BCUT2D eigenvalue weighted by Gasteiger charge is 2.28. The van der Waals surface area contributed by atoms with E-state index in [1.165, 1.54) is 5.56 Å². The van der Waals surface area contributed by atoms with Gasteiger partial charge in [-0.25, -0.2) is 4.79 Å². The number of rotatable bonds is 2. The molecule has 0 saturated carbocycles. The van der Waals surface area contributed by atoms with Gasteiger partial charge in [-0.3, -0.25) is 0 Å². The van der Waals surface area contributed by atoms with Crippen molar-refractivity contribution in [1.29, 1.82) is 0 Å². The van der Waals surface area contributed by atoms with Crippen LogP contribution in [0, 0.1) is 0 Å². The molecular formula is C25H34N2O4. The second-order valence-electron chi connectivity index (χ2n) is 8.67. The molecule has 0 aromatic heterocycles. The molecule has 1 N–H and O–H groups in total. The molecule has 4 rings (SSSR count). The summed E-state index contributed by atoms with van der Waals surface area (Å²) in [7, 11) is 0. The number of nitrogens with one attached hydrogen (secondary N) is 1. The third-order valence-corrected chi connectivity index (χ3v) is 4.99. The average Bonchev–Trinajstić information content (AvgIpc) is 2.80. The van der Waals surface area contributed by atoms with Crippen LogP contribution in [-0.2, 0) is 14.2 Å². The van der Waals surface area contributed by atoms with Crippen molar-refractivity contribution in [2.45, 2.75) is 38.6 Å². The van der Waals surface area contributed by atoms with E-state index in [2.05, 4.69) is 17.4 Å². The van der Waals surface area contributed by atoms with Gasteiger partial charge in [-0.1, -0.05) is 60.7 Å². The average molecular weight is 427 g/mol. The Bertz CT molecular complexity index is 786. The summed E-state index contributed by atoms with van der Waals surface area (Å²) < 4.78 is 16.7. The van der Waals surface area contributed by atoms with E-state index < -0.39 is 5.60 Å². The van der Waals surface area contributed by atoms with Gasteiger partial charge in [0.05, 0.1) is 25.9 Å². The second kappa shape index (κ2) is 11.3. The van der Waals surface area contributed by atoms with E-state index >= 15 is 0 Å². The summed E-state index contributed by atoms with van der Waals surface area (Å²) in [4.78, 5) is 13.8. The number of benzene rings is 2. The molecule has 2 heterocycles. The maximum absolute atomic E-state index is 12.0. The first-order valence-corrected chi connectivity index (χ1v) is 10.9. The number of hydrogen-bond acceptors (Lipinski definition) is 5. The quantitative estimate of drug-likeness (QED) is 0.774. The normalized spacial score (nSPS) is 21.6. The molecule has 1 amide bonds. The summed E-state index contributed by atoms with van der Waals surface area (Å²) >= 11 is 0. The molecule has 0 spiro atoms. The summed E-state index contributed by atoms with van der Waals surface area (Å²) in [6, 6.07) is 20.3. The van der Waals surface area contributed by atoms with Crippen LogP contribution in [0.2, 0.25) is 0 Å². The summed E-state index contributed by atoms with van der Waals surface area (Å²) in [5.74, 6) is 0. The third kappa shape index (κ3) is 7.65. The van der Waals surface area contributed by atoms with Crippen molar-refractivity contribution in [3.63, 3.8) is 0 Å². The highest BCUT2D eigenvalue weighted by Crippen LogP contribution is 2.23. The molecule has 2 aromatic rings. The van der Waals surface area contributed by atoms with Gasteiger partial charge in [0.2, 0.25) is 0 Å². The maximum Gasteiger partial charge on any atom is 0.410 e. The summed E-state index contributed by atoms with van der Waals surface area (Å²) in [6.45, 7) is 10.0. The first-order chi connectivity index (χ1) is 14.9. The number of carbonyl (C=O) groups is 1. The Kier molecular flexibility index (Phi) is 8.46. The number of amides is 1. The van der Waals surface area contributed by atoms with Gasteiger partial charge < -0.3 is 24.4 Å². The molecule has 0 bridgehead atoms. The molecule has 0 radical (unpaired) electrons. The van der Waals surface area contributed by atoms with E-state index in [9.17, 15) is 4.79 Å². The summed E-state index contributed by atoms with van der Waals surface area (Å²) in [5, 5.41) is 3.31. The lowest BCUT2D eigenvalue weighted by molar-refractivity contribution is -0.0432. The van der Waals surface area contributed by atoms with Gasteiger partial charge in [-0.15, -0.1) is 0 Å². The van der Waals surface area contributed by atoms with Crippen LogP contribution in [0.25, 0.3) is 0 Å². The number of carbonyl (C=O) groups excluding carboxylic acids is 1. The minimum atomic E-state index is -0.461. The van der Waals surface area contributed by atoms with Crippen molar-refractivity contribution in [3.05, 3.63) is 71.8 Å². The molecule has 6 heteroatoms. The predicted octanol–water partition coefficient (Wildman–Crippen LogP) is 4.34. The van der Waals surface area contributed by atoms with Gasteiger partial charge in [0.1, 0.15) is 11.7 Å². The molecular weight excluding hydrogens is 392 g/mol. The monoisotopic (exact) mass is 426 g/mol. The van der Waals surface area contributed by atoms with Gasteiger partial charge in [-0.2, -0.15) is 0 Å². The third-order valence-electron chi connectivity index (χ3n) is 4.99. The fourth-order valence-corrected chi connectivity index (χ4v) is 3.46. The lowest BCUT2D eigenvalue weighted by atomic mass is 10.1. The van der Waals surface area contributed by atoms with Crippen molar-refractivity contribution < 1.29 is 19.0 Å². The molecule has 2 aliphatic heterocycles. The zero-order valence-corrected chi connectivity index (χ0v) is 18.8. The van der Waals surface area contributed by atoms with E-state index in [4.69, 9.17) is 14.2 Å². The molecule has 2 aliphatic rings. The minimum Gasteiger partial charge on any atom is -0.444 e. The van der Waals surface area contributed by atoms with Crippen molar-refractivity contribution in [2.75, 3.05) is 39.4 Å². The lowest BCUT2D eigenvalue weighted by Gasteiger charge is -2.34. The summed E-state index contributed by atoms with van der Waals surface area (Å²) in [5.41, 5.74) is 1.90. The van der Waals surface area contributed by atoms with Gasteiger partial charge in [0.15, 0.2) is 0 Å². The maximum atomic E-state index is 12.0. The molecule has 2 atom stereocenters. The smallest absolute Gasteiger partial charge is 0.410 e. The molecule has 0 aliphatic carbocycles. The Hall–Kier alpha value is -2.41. The first kappa shape index (κ1) is 23.3. The van der Waals surface area contributed by atoms with Crippen molar-refractivity contribution >= 4 is 6.09 Å². The van der Waals surface area contributed by atoms with E-state index in [1.54, 1.807) is 4.90 Å². The molecule has 31 heavy (non-hydrogen) atoms. The number of morpholine rings is 2. The van der Waals surface area contributed by atoms with Gasteiger partial charge in [-0.05, 0) is 31.9 Å². The van der Waals surface area contributed by atoms with Crippen LogP contribution >= 0.6 is 0 Å². The van der Waals surface area contributed by atoms with Crippen LogP contribution in [0.3, 0.4) is 0 Å². The van der Waals surface area contributed by atoms with Gasteiger partial charge in [0.25, 0.3) is 0 Å². The minimum absolute atomic E-state index is 0.0672. The van der Waals surface area contributed by atoms with E-state index in [1.807, 2.05) is 69.3 Å². The van der Waals surface area contributed by atoms with Crippen LogP contribution in [0.5, 0.6) is 0 Å². The number of nitrogens with zero attached hydrogens (tertiary/aromatic N) is 1. The highest BCUT2D eigenvalue weighted by molar-refractivity contribution is 5.68. The SMILES string of the molecule is CC(C)(C)OC(=O)N1CCO[C@@H](c2ccccc2)C1.c1ccc([C@H]2CNCCO2)cc1. The van der Waals surface area contributed by atoms with Crippen molar-refractivity contribution in [1.82, 2.24) is 10.2 Å². The van der Waals surface area contributed by atoms with Crippen LogP contribution in [0.15, 0.2) is 60.7 Å². The zero-order chi connectivity index (χ0) is 22.1. The molecule has 0 unspecified atom stereocenters. The van der Waals surface area contributed by atoms with Crippen molar-refractivity contribution in [2.24, 2.45) is 0 Å². The van der Waals surface area contributed by atoms with Crippen molar-refractivity contribution in [3.8, 4) is 0 Å². The van der Waals surface area contributed by atoms with E-state index in [0.29, 0.717) is 19.7 Å². The van der Waals surface area contributed by atoms with E-state index in [-0.39, 0.29) is 18.3 Å². The Morgan fingerprint density at radius 1 is 0.935 bits per heavy atom. The number of hydrogen-bond donors (Lipinski definition) is 1. The Balaban J connectivity index is 0.000000194. The Morgan fingerprint density at radius 3 is 2.06 bits per heavy atom. The molecule has 2 fully saturated rings. The predicted molar refractivity (Wildman–Crippen MR) is 121 cm³/mol. The zero-order valence-electron chi connectivity index (χ0n) is 18.8. The van der Waals surface area contributed by atoms with Gasteiger partial charge in [0, 0.05) is 19.6 Å². The fraction of sp³-hybridized carbons (Fsp3) is 0.480. The van der Waals surface area contributed by atoms with Crippen LogP contribution in [-0.4, -0.2) is 56.0 Å². The standard InChI is InChI=1S/C15H21NO3.C10H13NO/c1-15(2,3)19-14(17)16-9-10-18-13(11-16)12-7-5-4-6-8-12;1-2-4-9(5-3-1)10-8-11-6-7-12-10/h4-8,13H,9-11H2,1-3H3;1-5,10-11H,6-8H2/t13-;10-/m11/s1. The van der Waals surface area contributed by atoms with Crippen LogP contribution in [0.4, 0.5) is 4.79 Å². The fourth-order valence-electron chi connectivity index (χ4n) is 3.46. The summed E-state index contributed by atoms with van der Waals surface area (Å²) in [6.07, 6.45) is -0.0841.